The first-order valence-electron chi connectivity index (χ1n) is 9.86. The summed E-state index contributed by atoms with van der Waals surface area (Å²) in [6.07, 6.45) is 3.20. The quantitative estimate of drug-likeness (QED) is 0.280. The number of nitrogens with one attached hydrogen (secondary N) is 1. The zero-order valence-corrected chi connectivity index (χ0v) is 19.5. The topological polar surface area (TPSA) is 53.9 Å². The Balaban J connectivity index is 0.00000300. The molecule has 5 nitrogen and oxygen atoms in total. The van der Waals surface area contributed by atoms with Crippen LogP contribution in [0.1, 0.15) is 27.9 Å². The summed E-state index contributed by atoms with van der Waals surface area (Å²) in [4.78, 5) is 18.3. The maximum absolute atomic E-state index is 11.5. The molecule has 0 bridgehead atoms. The molecule has 0 saturated carbocycles. The first-order chi connectivity index (χ1) is 13.7. The number of benzene rings is 2. The molecule has 1 heterocycles. The molecular weight excluding hydrogens is 477 g/mol. The van der Waals surface area contributed by atoms with Crippen LogP contribution in [0.25, 0.3) is 0 Å². The molecule has 0 radical (unpaired) electrons. The standard InChI is InChI=1S/C23H29N3O2.HI/c1-24-23(25-14-12-18-8-10-21(11-9-18)22(27)28-2)26-15-13-20(17-26)16-19-6-4-3-5-7-19;/h3-11,20H,12-17H2,1-2H3,(H,24,25);1H. The lowest BCUT2D eigenvalue weighted by Crippen LogP contribution is -2.41. The number of ether oxygens (including phenoxy) is 1. The van der Waals surface area contributed by atoms with Crippen molar-refractivity contribution in [2.45, 2.75) is 19.3 Å². The highest BCUT2D eigenvalue weighted by Gasteiger charge is 2.24. The van der Waals surface area contributed by atoms with E-state index in [0.29, 0.717) is 11.5 Å². The summed E-state index contributed by atoms with van der Waals surface area (Å²) >= 11 is 0. The minimum absolute atomic E-state index is 0. The van der Waals surface area contributed by atoms with Gasteiger partial charge in [-0.05, 0) is 48.4 Å². The van der Waals surface area contributed by atoms with E-state index >= 15 is 0 Å². The van der Waals surface area contributed by atoms with Gasteiger partial charge in [-0.1, -0.05) is 42.5 Å². The van der Waals surface area contributed by atoms with Gasteiger partial charge in [0.2, 0.25) is 0 Å². The predicted molar refractivity (Wildman–Crippen MR) is 128 cm³/mol. The van der Waals surface area contributed by atoms with Gasteiger partial charge < -0.3 is 15.0 Å². The smallest absolute Gasteiger partial charge is 0.337 e. The van der Waals surface area contributed by atoms with Crippen molar-refractivity contribution in [3.63, 3.8) is 0 Å². The van der Waals surface area contributed by atoms with Crippen molar-refractivity contribution in [2.75, 3.05) is 33.8 Å². The van der Waals surface area contributed by atoms with Crippen LogP contribution in [0.15, 0.2) is 59.6 Å². The van der Waals surface area contributed by atoms with Gasteiger partial charge in [-0.2, -0.15) is 0 Å². The van der Waals surface area contributed by atoms with Gasteiger partial charge in [-0.3, -0.25) is 4.99 Å². The summed E-state index contributed by atoms with van der Waals surface area (Å²) in [6, 6.07) is 18.3. The molecule has 1 saturated heterocycles. The minimum Gasteiger partial charge on any atom is -0.465 e. The van der Waals surface area contributed by atoms with Crippen molar-refractivity contribution in [3.8, 4) is 0 Å². The summed E-state index contributed by atoms with van der Waals surface area (Å²) in [5.41, 5.74) is 3.17. The third-order valence-corrected chi connectivity index (χ3v) is 5.24. The van der Waals surface area contributed by atoms with Gasteiger partial charge in [-0.15, -0.1) is 24.0 Å². The molecule has 6 heteroatoms. The minimum atomic E-state index is -0.302. The summed E-state index contributed by atoms with van der Waals surface area (Å²) in [7, 11) is 3.24. The Kier molecular flexibility index (Phi) is 9.44. The number of carbonyl (C=O) groups is 1. The van der Waals surface area contributed by atoms with Gasteiger partial charge in [0.1, 0.15) is 0 Å². The van der Waals surface area contributed by atoms with Crippen LogP contribution < -0.4 is 5.32 Å². The molecule has 29 heavy (non-hydrogen) atoms. The van der Waals surface area contributed by atoms with E-state index < -0.39 is 0 Å². The van der Waals surface area contributed by atoms with Crippen molar-refractivity contribution in [3.05, 3.63) is 71.3 Å². The fraction of sp³-hybridized carbons (Fsp3) is 0.391. The Morgan fingerprint density at radius 1 is 1.14 bits per heavy atom. The number of hydrogen-bond acceptors (Lipinski definition) is 3. The van der Waals surface area contributed by atoms with Gasteiger partial charge >= 0.3 is 5.97 Å². The van der Waals surface area contributed by atoms with Crippen molar-refractivity contribution >= 4 is 35.9 Å². The fourth-order valence-electron chi connectivity index (χ4n) is 3.72. The number of aliphatic imine (C=N–C) groups is 1. The molecule has 1 unspecified atom stereocenters. The van der Waals surface area contributed by atoms with Gasteiger partial charge in [0.05, 0.1) is 12.7 Å². The zero-order chi connectivity index (χ0) is 19.8. The summed E-state index contributed by atoms with van der Waals surface area (Å²) in [6.45, 7) is 2.90. The number of esters is 1. The SMILES string of the molecule is CN=C(NCCc1ccc(C(=O)OC)cc1)N1CCC(Cc2ccccc2)C1.I. The Morgan fingerprint density at radius 3 is 2.52 bits per heavy atom. The molecule has 1 fully saturated rings. The Labute approximate surface area is 190 Å². The largest absolute Gasteiger partial charge is 0.465 e. The molecular formula is C23H30IN3O2. The molecule has 0 amide bonds. The number of nitrogens with zero attached hydrogens (tertiary/aromatic N) is 2. The molecule has 156 valence electrons. The lowest BCUT2D eigenvalue weighted by atomic mass is 9.99. The van der Waals surface area contributed by atoms with Gasteiger partial charge in [0, 0.05) is 26.7 Å². The van der Waals surface area contributed by atoms with Gasteiger partial charge in [-0.25, -0.2) is 4.79 Å². The maximum atomic E-state index is 11.5. The average molecular weight is 507 g/mol. The highest BCUT2D eigenvalue weighted by atomic mass is 127. The van der Waals surface area contributed by atoms with E-state index in [4.69, 9.17) is 4.74 Å². The lowest BCUT2D eigenvalue weighted by molar-refractivity contribution is 0.0600. The van der Waals surface area contributed by atoms with E-state index in [1.165, 1.54) is 24.7 Å². The maximum Gasteiger partial charge on any atom is 0.337 e. The normalized spacial score (nSPS) is 16.3. The lowest BCUT2D eigenvalue weighted by Gasteiger charge is -2.22. The average Bonchev–Trinajstić information content (AvgIpc) is 3.20. The van der Waals surface area contributed by atoms with Crippen molar-refractivity contribution in [1.29, 1.82) is 0 Å². The summed E-state index contributed by atoms with van der Waals surface area (Å²) < 4.78 is 4.73. The second-order valence-electron chi connectivity index (χ2n) is 7.20. The molecule has 1 atom stereocenters. The first-order valence-corrected chi connectivity index (χ1v) is 9.86. The van der Waals surface area contributed by atoms with Crippen LogP contribution in [-0.4, -0.2) is 50.6 Å². The van der Waals surface area contributed by atoms with E-state index in [0.717, 1.165) is 38.4 Å². The van der Waals surface area contributed by atoms with E-state index in [9.17, 15) is 4.79 Å². The molecule has 1 aliphatic heterocycles. The number of carbonyl (C=O) groups excluding carboxylic acids is 1. The number of hydrogen-bond donors (Lipinski definition) is 1. The second kappa shape index (κ2) is 11.8. The van der Waals surface area contributed by atoms with Crippen LogP contribution in [0.2, 0.25) is 0 Å². The van der Waals surface area contributed by atoms with Crippen LogP contribution in [0.4, 0.5) is 0 Å². The molecule has 0 aromatic heterocycles. The van der Waals surface area contributed by atoms with Gasteiger partial charge in [0.25, 0.3) is 0 Å². The number of likely N-dealkylation sites (tertiary alicyclic amines) is 1. The van der Waals surface area contributed by atoms with Crippen LogP contribution >= 0.6 is 24.0 Å². The number of halogens is 1. The predicted octanol–water partition coefficient (Wildman–Crippen LogP) is 3.77. The fourth-order valence-corrected chi connectivity index (χ4v) is 3.72. The Bertz CT molecular complexity index is 794. The monoisotopic (exact) mass is 507 g/mol. The molecule has 2 aromatic carbocycles. The highest BCUT2D eigenvalue weighted by molar-refractivity contribution is 14.0. The second-order valence-corrected chi connectivity index (χ2v) is 7.20. The van der Waals surface area contributed by atoms with Crippen LogP contribution in [0.3, 0.4) is 0 Å². The van der Waals surface area contributed by atoms with E-state index in [-0.39, 0.29) is 29.9 Å². The number of guanidine groups is 1. The highest BCUT2D eigenvalue weighted by Crippen LogP contribution is 2.20. The summed E-state index contributed by atoms with van der Waals surface area (Å²) in [5, 5.41) is 3.48. The third kappa shape index (κ3) is 6.73. The van der Waals surface area contributed by atoms with E-state index in [2.05, 4.69) is 45.5 Å². The van der Waals surface area contributed by atoms with Gasteiger partial charge in [0.15, 0.2) is 5.96 Å². The Hall–Kier alpha value is -2.09. The molecule has 1 N–H and O–H groups in total. The van der Waals surface area contributed by atoms with Crippen molar-refractivity contribution in [2.24, 2.45) is 10.9 Å². The van der Waals surface area contributed by atoms with Crippen LogP contribution in [0.5, 0.6) is 0 Å². The molecule has 3 rings (SSSR count). The zero-order valence-electron chi connectivity index (χ0n) is 17.1. The van der Waals surface area contributed by atoms with E-state index in [1.807, 2.05) is 31.3 Å². The van der Waals surface area contributed by atoms with Crippen LogP contribution in [0, 0.1) is 5.92 Å². The van der Waals surface area contributed by atoms with Crippen LogP contribution in [-0.2, 0) is 17.6 Å². The number of methoxy groups -OCH3 is 1. The van der Waals surface area contributed by atoms with E-state index in [1.54, 1.807) is 0 Å². The Morgan fingerprint density at radius 2 is 1.86 bits per heavy atom. The molecule has 0 spiro atoms. The van der Waals surface area contributed by atoms with Crippen molar-refractivity contribution < 1.29 is 9.53 Å². The molecule has 0 aliphatic carbocycles. The third-order valence-electron chi connectivity index (χ3n) is 5.24. The first kappa shape index (κ1) is 23.2. The summed E-state index contributed by atoms with van der Waals surface area (Å²) in [5.74, 6) is 1.35. The number of rotatable bonds is 6. The molecule has 1 aliphatic rings. The van der Waals surface area contributed by atoms with Crippen molar-refractivity contribution in [1.82, 2.24) is 10.2 Å². The molecule has 2 aromatic rings.